The van der Waals surface area contributed by atoms with Crippen LogP contribution in [0.3, 0.4) is 0 Å². The van der Waals surface area contributed by atoms with Gasteiger partial charge in [0.05, 0.1) is 10.9 Å². The average Bonchev–Trinajstić information content (AvgIpc) is 2.84. The highest BCUT2D eigenvalue weighted by Gasteiger charge is 2.38. The second-order valence-corrected chi connectivity index (χ2v) is 9.50. The number of benzene rings is 2. The molecule has 1 N–H and O–H groups in total. The minimum Gasteiger partial charge on any atom is -0.343 e. The number of amides is 2. The van der Waals surface area contributed by atoms with Crippen LogP contribution in [-0.2, 0) is 22.4 Å². The molecule has 0 aromatic heterocycles. The Labute approximate surface area is 178 Å². The van der Waals surface area contributed by atoms with Gasteiger partial charge in [-0.2, -0.15) is 11.8 Å². The largest absolute Gasteiger partial charge is 0.343 e. The zero-order valence-corrected chi connectivity index (χ0v) is 17.9. The van der Waals surface area contributed by atoms with Gasteiger partial charge < -0.3 is 10.2 Å². The maximum Gasteiger partial charge on any atom is 0.246 e. The van der Waals surface area contributed by atoms with E-state index in [0.717, 1.165) is 29.2 Å². The summed E-state index contributed by atoms with van der Waals surface area (Å²) in [6.07, 6.45) is 1.14. The minimum absolute atomic E-state index is 0.0364. The van der Waals surface area contributed by atoms with Crippen LogP contribution in [0.15, 0.2) is 54.6 Å². The Kier molecular flexibility index (Phi) is 6.07. The Morgan fingerprint density at radius 2 is 1.93 bits per heavy atom. The number of fused-ring (bicyclic) bond motifs is 3. The average molecular weight is 459 g/mol. The summed E-state index contributed by atoms with van der Waals surface area (Å²) in [5.74, 6) is 1.76. The lowest BCUT2D eigenvalue weighted by Gasteiger charge is -2.36. The van der Waals surface area contributed by atoms with Crippen LogP contribution in [-0.4, -0.2) is 45.6 Å². The second-order valence-electron chi connectivity index (χ2n) is 7.24. The summed E-state index contributed by atoms with van der Waals surface area (Å²) < 4.78 is 0. The van der Waals surface area contributed by atoms with E-state index in [1.807, 2.05) is 59.1 Å². The van der Waals surface area contributed by atoms with Crippen molar-refractivity contribution >= 4 is 39.5 Å². The maximum atomic E-state index is 13.3. The molecule has 3 atom stereocenters. The Morgan fingerprint density at radius 1 is 1.18 bits per heavy atom. The molecule has 0 saturated carbocycles. The van der Waals surface area contributed by atoms with Crippen molar-refractivity contribution in [1.82, 2.24) is 10.2 Å². The molecular formula is C22H23BrN2O2S. The molecule has 28 heavy (non-hydrogen) atoms. The number of thioether (sulfide) groups is 1. The summed E-state index contributed by atoms with van der Waals surface area (Å²) in [7, 11) is 0. The van der Waals surface area contributed by atoms with E-state index in [1.54, 1.807) is 0 Å². The first kappa shape index (κ1) is 19.5. The molecule has 0 bridgehead atoms. The smallest absolute Gasteiger partial charge is 0.246 e. The van der Waals surface area contributed by atoms with Crippen molar-refractivity contribution < 1.29 is 9.59 Å². The molecule has 1 saturated heterocycles. The molecule has 1 fully saturated rings. The highest BCUT2D eigenvalue weighted by atomic mass is 79.9. The molecule has 0 aliphatic carbocycles. The van der Waals surface area contributed by atoms with Crippen LogP contribution in [0.1, 0.15) is 22.7 Å². The third-order valence-corrected chi connectivity index (χ3v) is 7.17. The first-order valence-electron chi connectivity index (χ1n) is 9.58. The predicted octanol–water partition coefficient (Wildman–Crippen LogP) is 3.35. The van der Waals surface area contributed by atoms with Crippen LogP contribution in [0.5, 0.6) is 0 Å². The summed E-state index contributed by atoms with van der Waals surface area (Å²) in [5, 5.41) is 3.02. The normalized spacial score (nSPS) is 22.6. The molecule has 6 heteroatoms. The Balaban J connectivity index is 1.52. The number of carbonyl (C=O) groups excluding carboxylic acids is 2. The van der Waals surface area contributed by atoms with Crippen LogP contribution in [0.2, 0.25) is 0 Å². The van der Waals surface area contributed by atoms with Crippen LogP contribution in [0.25, 0.3) is 0 Å². The molecule has 2 aliphatic heterocycles. The molecular weight excluding hydrogens is 436 g/mol. The Hall–Kier alpha value is -1.79. The molecule has 2 unspecified atom stereocenters. The third-order valence-electron chi connectivity index (χ3n) is 5.41. The summed E-state index contributed by atoms with van der Waals surface area (Å²) in [5.41, 5.74) is 3.47. The van der Waals surface area contributed by atoms with Crippen molar-refractivity contribution in [1.29, 1.82) is 0 Å². The van der Waals surface area contributed by atoms with Crippen molar-refractivity contribution in [2.45, 2.75) is 29.8 Å². The van der Waals surface area contributed by atoms with E-state index in [1.165, 1.54) is 5.56 Å². The van der Waals surface area contributed by atoms with Crippen LogP contribution < -0.4 is 5.32 Å². The van der Waals surface area contributed by atoms with Crippen LogP contribution in [0, 0.1) is 0 Å². The number of rotatable bonds is 4. The fourth-order valence-corrected chi connectivity index (χ4v) is 5.55. The van der Waals surface area contributed by atoms with E-state index >= 15 is 0 Å². The number of hydrogen-bond donors (Lipinski definition) is 1. The lowest BCUT2D eigenvalue weighted by Crippen LogP contribution is -2.52. The summed E-state index contributed by atoms with van der Waals surface area (Å²) in [6, 6.07) is 17.7. The monoisotopic (exact) mass is 458 g/mol. The molecule has 0 radical (unpaired) electrons. The molecule has 0 spiro atoms. The maximum absolute atomic E-state index is 13.3. The van der Waals surface area contributed by atoms with Gasteiger partial charge in [0.2, 0.25) is 11.8 Å². The van der Waals surface area contributed by atoms with Gasteiger partial charge in [-0.3, -0.25) is 9.59 Å². The second kappa shape index (κ2) is 8.70. The first-order valence-corrected chi connectivity index (χ1v) is 11.6. The first-order chi connectivity index (χ1) is 13.6. The zero-order valence-electron chi connectivity index (χ0n) is 15.5. The number of halogens is 1. The quantitative estimate of drug-likeness (QED) is 0.714. The minimum atomic E-state index is -0.516. The third kappa shape index (κ3) is 4.13. The van der Waals surface area contributed by atoms with Gasteiger partial charge in [0.15, 0.2) is 0 Å². The molecule has 2 aliphatic rings. The predicted molar refractivity (Wildman–Crippen MR) is 117 cm³/mol. The number of alkyl halides is 1. The van der Waals surface area contributed by atoms with Crippen molar-refractivity contribution in [2.24, 2.45) is 0 Å². The molecule has 146 valence electrons. The fraction of sp³-hybridized carbons (Fsp3) is 0.364. The van der Waals surface area contributed by atoms with Gasteiger partial charge in [0.1, 0.15) is 6.04 Å². The Bertz CT molecular complexity index is 861. The molecule has 4 rings (SSSR count). The Morgan fingerprint density at radius 3 is 2.75 bits per heavy atom. The van der Waals surface area contributed by atoms with Gasteiger partial charge in [0, 0.05) is 24.5 Å². The zero-order chi connectivity index (χ0) is 19.5. The lowest BCUT2D eigenvalue weighted by molar-refractivity contribution is -0.137. The van der Waals surface area contributed by atoms with Crippen molar-refractivity contribution in [3.05, 3.63) is 71.3 Å². The van der Waals surface area contributed by atoms with Gasteiger partial charge in [-0.25, -0.2) is 0 Å². The van der Waals surface area contributed by atoms with E-state index < -0.39 is 6.04 Å². The van der Waals surface area contributed by atoms with Gasteiger partial charge in [-0.05, 0) is 23.1 Å². The van der Waals surface area contributed by atoms with Crippen molar-refractivity contribution in [3.8, 4) is 0 Å². The highest BCUT2D eigenvalue weighted by molar-refractivity contribution is 9.10. The van der Waals surface area contributed by atoms with E-state index in [4.69, 9.17) is 0 Å². The fourth-order valence-electron chi connectivity index (χ4n) is 3.97. The molecule has 2 heterocycles. The standard InChI is InChI=1S/C22H23BrN2O2S/c23-18(12-15-6-2-1-3-7-15)21(26)24-19-13-16-8-4-5-9-17(16)20-14-28-11-10-25(20)22(19)27/h1-9,18-20H,10-14H2,(H,24,26)/t18-,19?,20?/m0/s1. The van der Waals surface area contributed by atoms with Crippen molar-refractivity contribution in [2.75, 3.05) is 18.1 Å². The summed E-state index contributed by atoms with van der Waals surface area (Å²) >= 11 is 5.39. The SMILES string of the molecule is O=C(NC1Cc2ccccc2C2CSCCN2C1=O)[C@@H](Br)Cc1ccccc1. The molecule has 2 amide bonds. The van der Waals surface area contributed by atoms with E-state index in [0.29, 0.717) is 12.8 Å². The summed E-state index contributed by atoms with van der Waals surface area (Å²) in [6.45, 7) is 0.733. The molecule has 4 nitrogen and oxygen atoms in total. The van der Waals surface area contributed by atoms with E-state index in [-0.39, 0.29) is 22.7 Å². The molecule has 2 aromatic carbocycles. The van der Waals surface area contributed by atoms with E-state index in [2.05, 4.69) is 33.4 Å². The topological polar surface area (TPSA) is 49.4 Å². The van der Waals surface area contributed by atoms with Crippen molar-refractivity contribution in [3.63, 3.8) is 0 Å². The van der Waals surface area contributed by atoms with Gasteiger partial charge >= 0.3 is 0 Å². The van der Waals surface area contributed by atoms with E-state index in [9.17, 15) is 9.59 Å². The van der Waals surface area contributed by atoms with Gasteiger partial charge in [-0.15, -0.1) is 0 Å². The number of nitrogens with zero attached hydrogens (tertiary/aromatic N) is 1. The number of carbonyl (C=O) groups is 2. The lowest BCUT2D eigenvalue weighted by atomic mass is 9.98. The summed E-state index contributed by atoms with van der Waals surface area (Å²) in [4.78, 5) is 27.7. The number of hydrogen-bond acceptors (Lipinski definition) is 3. The number of nitrogens with one attached hydrogen (secondary N) is 1. The van der Waals surface area contributed by atoms with Gasteiger partial charge in [-0.1, -0.05) is 70.5 Å². The van der Waals surface area contributed by atoms with Crippen LogP contribution in [0.4, 0.5) is 0 Å². The van der Waals surface area contributed by atoms with Gasteiger partial charge in [0.25, 0.3) is 0 Å². The highest BCUT2D eigenvalue weighted by Crippen LogP contribution is 2.35. The molecule has 2 aromatic rings. The van der Waals surface area contributed by atoms with Crippen LogP contribution >= 0.6 is 27.7 Å².